The molecule has 3 N–H and O–H groups in total. The number of ether oxygens (including phenoxy) is 2. The third-order valence-corrected chi connectivity index (χ3v) is 4.91. The van der Waals surface area contributed by atoms with Gasteiger partial charge in [-0.2, -0.15) is 0 Å². The Balaban J connectivity index is 1.66. The molecular formula is C15H19BrFN3O4. The van der Waals surface area contributed by atoms with Crippen LogP contribution in [-0.2, 0) is 9.53 Å². The number of halogens is 2. The summed E-state index contributed by atoms with van der Waals surface area (Å²) < 4.78 is 25.6. The minimum absolute atomic E-state index is 0.138. The molecule has 0 radical (unpaired) electrons. The van der Waals surface area contributed by atoms with E-state index in [0.717, 1.165) is 6.42 Å². The van der Waals surface area contributed by atoms with E-state index in [1.165, 1.54) is 12.1 Å². The van der Waals surface area contributed by atoms with Crippen LogP contribution in [0.1, 0.15) is 19.8 Å². The predicted molar refractivity (Wildman–Crippen MR) is 86.5 cm³/mol. The third-order valence-electron chi connectivity index (χ3n) is 4.26. The molecule has 2 aliphatic heterocycles. The molecular weight excluding hydrogens is 385 g/mol. The van der Waals surface area contributed by atoms with E-state index in [0.29, 0.717) is 29.7 Å². The number of nitrogens with one attached hydrogen (secondary N) is 2. The molecule has 1 aromatic carbocycles. The number of carboxylic acids is 1. The molecule has 1 aromatic rings. The number of aliphatic carboxylic acids is 1. The van der Waals surface area contributed by atoms with Crippen molar-refractivity contribution in [2.75, 3.05) is 13.1 Å². The van der Waals surface area contributed by atoms with Gasteiger partial charge in [0.1, 0.15) is 17.7 Å². The maximum Gasteiger partial charge on any atom is 0.349 e. The average Bonchev–Trinajstić information content (AvgIpc) is 3.18. The normalized spacial score (nSPS) is 30.6. The van der Waals surface area contributed by atoms with Gasteiger partial charge in [-0.25, -0.2) is 20.0 Å². The highest BCUT2D eigenvalue weighted by molar-refractivity contribution is 9.10. The first-order valence-corrected chi connectivity index (χ1v) is 8.53. The Kier molecular flexibility index (Phi) is 5.07. The number of hydrogen-bond donors (Lipinski definition) is 3. The molecule has 3 rings (SSSR count). The van der Waals surface area contributed by atoms with Crippen LogP contribution in [0.25, 0.3) is 0 Å². The van der Waals surface area contributed by atoms with Crippen molar-refractivity contribution in [1.29, 1.82) is 0 Å². The molecule has 0 saturated carbocycles. The molecule has 0 bridgehead atoms. The molecule has 2 unspecified atom stereocenters. The number of benzene rings is 1. The lowest BCUT2D eigenvalue weighted by Crippen LogP contribution is -2.57. The van der Waals surface area contributed by atoms with Crippen molar-refractivity contribution in [3.63, 3.8) is 0 Å². The standard InChI is InChI=1S/C15H19BrFN3O4/c1-2-15(19-18-13(24-15)14(21)22)20-6-5-10(8-20)23-12-7-9(17)3-4-11(12)16/h3-4,7,10,13,18-19H,2,5-6,8H2,1H3,(H,21,22)/t10-,13?,15?/m0/s1. The summed E-state index contributed by atoms with van der Waals surface area (Å²) >= 11 is 3.35. The summed E-state index contributed by atoms with van der Waals surface area (Å²) in [6.07, 6.45) is 0.0521. The lowest BCUT2D eigenvalue weighted by molar-refractivity contribution is -0.178. The number of hydrogen-bond acceptors (Lipinski definition) is 6. The Morgan fingerprint density at radius 2 is 2.42 bits per heavy atom. The summed E-state index contributed by atoms with van der Waals surface area (Å²) in [7, 11) is 0. The van der Waals surface area contributed by atoms with Crippen molar-refractivity contribution in [1.82, 2.24) is 15.8 Å². The number of likely N-dealkylation sites (tertiary alicyclic amines) is 1. The first kappa shape index (κ1) is 17.6. The van der Waals surface area contributed by atoms with E-state index in [-0.39, 0.29) is 11.9 Å². The Bertz CT molecular complexity index is 635. The number of rotatable bonds is 5. The van der Waals surface area contributed by atoms with Gasteiger partial charge in [0.2, 0.25) is 6.23 Å². The molecule has 132 valence electrons. The number of carboxylic acid groups (broad SMARTS) is 1. The molecule has 0 spiro atoms. The lowest BCUT2D eigenvalue weighted by atomic mass is 10.3. The maximum absolute atomic E-state index is 13.4. The minimum atomic E-state index is -1.10. The fourth-order valence-electron chi connectivity index (χ4n) is 2.99. The highest BCUT2D eigenvalue weighted by Crippen LogP contribution is 2.32. The van der Waals surface area contributed by atoms with Crippen LogP contribution in [0.3, 0.4) is 0 Å². The summed E-state index contributed by atoms with van der Waals surface area (Å²) in [6.45, 7) is 3.13. The number of hydrazine groups is 1. The van der Waals surface area contributed by atoms with Crippen LogP contribution in [0.2, 0.25) is 0 Å². The van der Waals surface area contributed by atoms with Crippen molar-refractivity contribution in [3.8, 4) is 5.75 Å². The topological polar surface area (TPSA) is 83.1 Å². The monoisotopic (exact) mass is 403 g/mol. The summed E-state index contributed by atoms with van der Waals surface area (Å²) in [5.74, 6) is -1.87. The molecule has 2 heterocycles. The minimum Gasteiger partial charge on any atom is -0.488 e. The first-order chi connectivity index (χ1) is 11.4. The second-order valence-electron chi connectivity index (χ2n) is 5.79. The summed E-state index contributed by atoms with van der Waals surface area (Å²) in [5.41, 5.74) is 5.59. The zero-order valence-electron chi connectivity index (χ0n) is 13.1. The van der Waals surface area contributed by atoms with Gasteiger partial charge in [0, 0.05) is 25.6 Å². The van der Waals surface area contributed by atoms with Crippen molar-refractivity contribution in [3.05, 3.63) is 28.5 Å². The summed E-state index contributed by atoms with van der Waals surface area (Å²) in [6, 6.07) is 4.31. The van der Waals surface area contributed by atoms with Crippen molar-refractivity contribution >= 4 is 21.9 Å². The van der Waals surface area contributed by atoms with Gasteiger partial charge in [-0.3, -0.25) is 4.90 Å². The number of carbonyl (C=O) groups is 1. The molecule has 2 aliphatic rings. The van der Waals surface area contributed by atoms with Crippen LogP contribution in [0.4, 0.5) is 4.39 Å². The Morgan fingerprint density at radius 1 is 1.62 bits per heavy atom. The molecule has 3 atom stereocenters. The van der Waals surface area contributed by atoms with Gasteiger partial charge in [0.05, 0.1) is 4.47 Å². The molecule has 2 saturated heterocycles. The van der Waals surface area contributed by atoms with Gasteiger partial charge >= 0.3 is 5.97 Å². The van der Waals surface area contributed by atoms with Crippen LogP contribution in [0, 0.1) is 5.82 Å². The van der Waals surface area contributed by atoms with Gasteiger partial charge in [-0.1, -0.05) is 6.92 Å². The highest BCUT2D eigenvalue weighted by Gasteiger charge is 2.48. The molecule has 24 heavy (non-hydrogen) atoms. The maximum atomic E-state index is 13.4. The van der Waals surface area contributed by atoms with Gasteiger partial charge < -0.3 is 14.6 Å². The van der Waals surface area contributed by atoms with E-state index in [2.05, 4.69) is 26.8 Å². The smallest absolute Gasteiger partial charge is 0.349 e. The van der Waals surface area contributed by atoms with Crippen LogP contribution < -0.4 is 15.6 Å². The van der Waals surface area contributed by atoms with Crippen LogP contribution in [0.15, 0.2) is 22.7 Å². The number of nitrogens with zero attached hydrogens (tertiary/aromatic N) is 1. The predicted octanol–water partition coefficient (Wildman–Crippen LogP) is 1.64. The summed E-state index contributed by atoms with van der Waals surface area (Å²) in [5, 5.41) is 9.08. The third kappa shape index (κ3) is 3.40. The first-order valence-electron chi connectivity index (χ1n) is 7.73. The van der Waals surface area contributed by atoms with Crippen molar-refractivity contribution in [2.24, 2.45) is 0 Å². The fourth-order valence-corrected chi connectivity index (χ4v) is 3.33. The van der Waals surface area contributed by atoms with Crippen LogP contribution >= 0.6 is 15.9 Å². The molecule has 0 aromatic heterocycles. The average molecular weight is 404 g/mol. The zero-order chi connectivity index (χ0) is 17.3. The molecule has 2 fully saturated rings. The van der Waals surface area contributed by atoms with Gasteiger partial charge in [-0.05, 0) is 34.5 Å². The van der Waals surface area contributed by atoms with Crippen molar-refractivity contribution < 1.29 is 23.8 Å². The van der Waals surface area contributed by atoms with Gasteiger partial charge in [0.15, 0.2) is 5.85 Å². The van der Waals surface area contributed by atoms with Crippen molar-refractivity contribution in [2.45, 2.75) is 37.9 Å². The van der Waals surface area contributed by atoms with Gasteiger partial charge in [0.25, 0.3) is 0 Å². The van der Waals surface area contributed by atoms with E-state index in [1.54, 1.807) is 6.07 Å². The van der Waals surface area contributed by atoms with E-state index < -0.39 is 18.0 Å². The second kappa shape index (κ2) is 6.93. The lowest BCUT2D eigenvalue weighted by Gasteiger charge is -2.36. The Labute approximate surface area is 147 Å². The second-order valence-corrected chi connectivity index (χ2v) is 6.65. The largest absolute Gasteiger partial charge is 0.488 e. The fraction of sp³-hybridized carbons (Fsp3) is 0.533. The van der Waals surface area contributed by atoms with Crippen LogP contribution in [0.5, 0.6) is 5.75 Å². The zero-order valence-corrected chi connectivity index (χ0v) is 14.7. The van der Waals surface area contributed by atoms with E-state index in [1.807, 2.05) is 11.8 Å². The summed E-state index contributed by atoms with van der Waals surface area (Å²) in [4.78, 5) is 13.1. The Morgan fingerprint density at radius 3 is 3.08 bits per heavy atom. The van der Waals surface area contributed by atoms with Crippen LogP contribution in [-0.4, -0.2) is 47.2 Å². The molecule has 0 amide bonds. The van der Waals surface area contributed by atoms with Gasteiger partial charge in [-0.15, -0.1) is 0 Å². The molecule has 7 nitrogen and oxygen atoms in total. The quantitative estimate of drug-likeness (QED) is 0.688. The van der Waals surface area contributed by atoms with E-state index in [4.69, 9.17) is 14.6 Å². The van der Waals surface area contributed by atoms with E-state index in [9.17, 15) is 9.18 Å². The highest BCUT2D eigenvalue weighted by atomic mass is 79.9. The SMILES string of the molecule is CCC1(N2CC[C@H](Oc3cc(F)ccc3Br)C2)NNC(C(=O)O)O1. The van der Waals surface area contributed by atoms with E-state index >= 15 is 0 Å². The molecule has 0 aliphatic carbocycles. The molecule has 9 heteroatoms. The Hall–Kier alpha value is -1.26.